The van der Waals surface area contributed by atoms with Gasteiger partial charge in [-0.2, -0.15) is 0 Å². The summed E-state index contributed by atoms with van der Waals surface area (Å²) in [5.74, 6) is -0.508. The largest absolute Gasteiger partial charge is 0.381 e. The van der Waals surface area contributed by atoms with Crippen LogP contribution in [0, 0.1) is 12.7 Å². The van der Waals surface area contributed by atoms with Crippen LogP contribution in [0.2, 0.25) is 0 Å². The molecule has 0 fully saturated rings. The van der Waals surface area contributed by atoms with Crippen molar-refractivity contribution < 1.29 is 9.18 Å². The van der Waals surface area contributed by atoms with Gasteiger partial charge in [0.15, 0.2) is 0 Å². The van der Waals surface area contributed by atoms with Crippen molar-refractivity contribution in [2.75, 3.05) is 5.32 Å². The van der Waals surface area contributed by atoms with E-state index in [4.69, 9.17) is 0 Å². The highest BCUT2D eigenvalue weighted by Crippen LogP contribution is 2.13. The van der Waals surface area contributed by atoms with Gasteiger partial charge in [0.05, 0.1) is 0 Å². The second-order valence-corrected chi connectivity index (χ2v) is 6.05. The Bertz CT molecular complexity index is 911. The van der Waals surface area contributed by atoms with Crippen LogP contribution in [-0.4, -0.2) is 10.9 Å². The third-order valence-electron chi connectivity index (χ3n) is 3.97. The number of benzene rings is 2. The molecular formula is C21H20FN3O. The van der Waals surface area contributed by atoms with Crippen LogP contribution in [0.25, 0.3) is 0 Å². The molecule has 0 aliphatic heterocycles. The molecule has 0 unspecified atom stereocenters. The fourth-order valence-electron chi connectivity index (χ4n) is 2.60. The molecule has 4 nitrogen and oxygen atoms in total. The van der Waals surface area contributed by atoms with E-state index in [-0.39, 0.29) is 11.7 Å². The normalized spacial score (nSPS) is 10.4. The van der Waals surface area contributed by atoms with Crippen molar-refractivity contribution in [3.63, 3.8) is 0 Å². The lowest BCUT2D eigenvalue weighted by atomic mass is 10.1. The Kier molecular flexibility index (Phi) is 5.59. The number of nitrogens with one attached hydrogen (secondary N) is 2. The molecule has 5 heteroatoms. The van der Waals surface area contributed by atoms with Crippen molar-refractivity contribution in [2.45, 2.75) is 20.0 Å². The lowest BCUT2D eigenvalue weighted by Crippen LogP contribution is -2.23. The van der Waals surface area contributed by atoms with E-state index in [0.29, 0.717) is 30.0 Å². The number of pyridine rings is 1. The minimum Gasteiger partial charge on any atom is -0.381 e. The van der Waals surface area contributed by atoms with Crippen LogP contribution in [0.3, 0.4) is 0 Å². The molecule has 26 heavy (non-hydrogen) atoms. The number of halogens is 1. The number of hydrogen-bond acceptors (Lipinski definition) is 3. The first-order chi connectivity index (χ1) is 12.6. The average molecular weight is 349 g/mol. The summed E-state index contributed by atoms with van der Waals surface area (Å²) in [5.41, 5.74) is 3.77. The molecule has 0 spiro atoms. The van der Waals surface area contributed by atoms with Crippen molar-refractivity contribution in [3.05, 3.63) is 95.1 Å². The molecule has 1 heterocycles. The predicted molar refractivity (Wildman–Crippen MR) is 100 cm³/mol. The van der Waals surface area contributed by atoms with Crippen LogP contribution in [-0.2, 0) is 13.1 Å². The van der Waals surface area contributed by atoms with Crippen molar-refractivity contribution in [3.8, 4) is 0 Å². The van der Waals surface area contributed by atoms with E-state index in [2.05, 4.69) is 15.6 Å². The van der Waals surface area contributed by atoms with Gasteiger partial charge in [-0.1, -0.05) is 48.0 Å². The first-order valence-electron chi connectivity index (χ1n) is 8.39. The first-order valence-corrected chi connectivity index (χ1v) is 8.39. The number of aromatic nitrogens is 1. The monoisotopic (exact) mass is 349 g/mol. The topological polar surface area (TPSA) is 54.0 Å². The zero-order valence-corrected chi connectivity index (χ0v) is 14.5. The number of aryl methyl sites for hydroxylation is 1. The fourth-order valence-corrected chi connectivity index (χ4v) is 2.60. The smallest absolute Gasteiger partial charge is 0.270 e. The molecule has 1 aromatic heterocycles. The Labute approximate surface area is 152 Å². The third kappa shape index (κ3) is 4.66. The number of hydrogen-bond donors (Lipinski definition) is 2. The predicted octanol–water partition coefficient (Wildman–Crippen LogP) is 4.07. The maximum atomic E-state index is 13.7. The summed E-state index contributed by atoms with van der Waals surface area (Å²) in [6.07, 6.45) is 1.56. The summed E-state index contributed by atoms with van der Waals surface area (Å²) in [7, 11) is 0. The molecule has 0 saturated heterocycles. The minimum absolute atomic E-state index is 0.249. The standard InChI is InChI=1S/C21H20FN3O/c1-15-5-4-6-16(11-15)13-25-21(26)20-12-18(9-10-23-20)24-14-17-7-2-3-8-19(17)22/h2-12H,13-14H2,1H3,(H,23,24)(H,25,26). The van der Waals surface area contributed by atoms with E-state index < -0.39 is 0 Å². The maximum absolute atomic E-state index is 13.7. The van der Waals surface area contributed by atoms with Crippen LogP contribution >= 0.6 is 0 Å². The number of amides is 1. The Morgan fingerprint density at radius 2 is 1.88 bits per heavy atom. The lowest BCUT2D eigenvalue weighted by Gasteiger charge is -2.09. The van der Waals surface area contributed by atoms with E-state index in [1.807, 2.05) is 31.2 Å². The Hall–Kier alpha value is -3.21. The van der Waals surface area contributed by atoms with E-state index >= 15 is 0 Å². The van der Waals surface area contributed by atoms with Crippen LogP contribution in [0.4, 0.5) is 10.1 Å². The summed E-state index contributed by atoms with van der Waals surface area (Å²) >= 11 is 0. The molecule has 0 aliphatic carbocycles. The van der Waals surface area contributed by atoms with Gasteiger partial charge in [0.2, 0.25) is 0 Å². The van der Waals surface area contributed by atoms with Gasteiger partial charge in [-0.05, 0) is 30.7 Å². The molecule has 1 amide bonds. The average Bonchev–Trinajstić information content (AvgIpc) is 2.66. The fraction of sp³-hybridized carbons (Fsp3) is 0.143. The van der Waals surface area contributed by atoms with Gasteiger partial charge in [-0.15, -0.1) is 0 Å². The van der Waals surface area contributed by atoms with Gasteiger partial charge < -0.3 is 10.6 Å². The molecule has 0 bridgehead atoms. The highest BCUT2D eigenvalue weighted by Gasteiger charge is 2.08. The summed E-state index contributed by atoms with van der Waals surface area (Å²) in [6.45, 7) is 2.79. The van der Waals surface area contributed by atoms with Crippen LogP contribution in [0.15, 0.2) is 66.9 Å². The van der Waals surface area contributed by atoms with Gasteiger partial charge in [0.25, 0.3) is 5.91 Å². The minimum atomic E-state index is -0.259. The number of rotatable bonds is 6. The Morgan fingerprint density at radius 3 is 2.69 bits per heavy atom. The van der Waals surface area contributed by atoms with Crippen LogP contribution < -0.4 is 10.6 Å². The van der Waals surface area contributed by atoms with Gasteiger partial charge in [-0.3, -0.25) is 9.78 Å². The van der Waals surface area contributed by atoms with Gasteiger partial charge in [-0.25, -0.2) is 4.39 Å². The summed E-state index contributed by atoms with van der Waals surface area (Å²) < 4.78 is 13.7. The molecule has 0 aliphatic rings. The molecule has 0 saturated carbocycles. The zero-order valence-electron chi connectivity index (χ0n) is 14.5. The quantitative estimate of drug-likeness (QED) is 0.705. The molecule has 3 rings (SSSR count). The van der Waals surface area contributed by atoms with Crippen molar-refractivity contribution in [1.82, 2.24) is 10.3 Å². The molecule has 0 radical (unpaired) electrons. The summed E-state index contributed by atoms with van der Waals surface area (Å²) in [6, 6.07) is 18.0. The van der Waals surface area contributed by atoms with E-state index in [9.17, 15) is 9.18 Å². The molecule has 132 valence electrons. The number of carbonyl (C=O) groups is 1. The van der Waals surface area contributed by atoms with Gasteiger partial charge >= 0.3 is 0 Å². The molecule has 3 aromatic rings. The summed E-state index contributed by atoms with van der Waals surface area (Å²) in [4.78, 5) is 16.4. The molecule has 0 atom stereocenters. The second kappa shape index (κ2) is 8.25. The van der Waals surface area contributed by atoms with Gasteiger partial charge in [0.1, 0.15) is 11.5 Å². The second-order valence-electron chi connectivity index (χ2n) is 6.05. The highest BCUT2D eigenvalue weighted by atomic mass is 19.1. The lowest BCUT2D eigenvalue weighted by molar-refractivity contribution is 0.0946. The van der Waals surface area contributed by atoms with Gasteiger partial charge in [0, 0.05) is 30.5 Å². The summed E-state index contributed by atoms with van der Waals surface area (Å²) in [5, 5.41) is 5.98. The van der Waals surface area contributed by atoms with Crippen molar-refractivity contribution >= 4 is 11.6 Å². The van der Waals surface area contributed by atoms with Crippen LogP contribution in [0.5, 0.6) is 0 Å². The maximum Gasteiger partial charge on any atom is 0.270 e. The number of carbonyl (C=O) groups excluding carboxylic acids is 1. The molecule has 2 N–H and O–H groups in total. The first kappa shape index (κ1) is 17.6. The number of nitrogens with zero attached hydrogens (tertiary/aromatic N) is 1. The Morgan fingerprint density at radius 1 is 1.04 bits per heavy atom. The third-order valence-corrected chi connectivity index (χ3v) is 3.97. The van der Waals surface area contributed by atoms with E-state index in [1.165, 1.54) is 6.07 Å². The highest BCUT2D eigenvalue weighted by molar-refractivity contribution is 5.93. The van der Waals surface area contributed by atoms with E-state index in [0.717, 1.165) is 11.1 Å². The zero-order chi connectivity index (χ0) is 18.4. The number of anilines is 1. The van der Waals surface area contributed by atoms with Crippen molar-refractivity contribution in [1.29, 1.82) is 0 Å². The van der Waals surface area contributed by atoms with E-state index in [1.54, 1.807) is 36.5 Å². The van der Waals surface area contributed by atoms with Crippen molar-refractivity contribution in [2.24, 2.45) is 0 Å². The molecule has 2 aromatic carbocycles. The van der Waals surface area contributed by atoms with Crippen LogP contribution in [0.1, 0.15) is 27.2 Å². The Balaban J connectivity index is 1.61. The molecular weight excluding hydrogens is 329 g/mol. The SMILES string of the molecule is Cc1cccc(CNC(=O)c2cc(NCc3ccccc3F)ccn2)c1.